The molecule has 0 N–H and O–H groups in total. The minimum absolute atomic E-state index is 0.000437. The van der Waals surface area contributed by atoms with Crippen molar-refractivity contribution in [3.8, 4) is 11.1 Å². The molecule has 0 spiro atoms. The molecule has 1 aliphatic carbocycles. The first-order valence-corrected chi connectivity index (χ1v) is 11.5. The molecule has 0 radical (unpaired) electrons. The highest BCUT2D eigenvalue weighted by molar-refractivity contribution is 9.10. The Morgan fingerprint density at radius 2 is 0.939 bits per heavy atom. The summed E-state index contributed by atoms with van der Waals surface area (Å²) in [6.07, 6.45) is 0. The lowest BCUT2D eigenvalue weighted by Gasteiger charge is -2.34. The number of hydrogen-bond donors (Lipinski definition) is 0. The number of rotatable bonds is 4. The van der Waals surface area contributed by atoms with Crippen LogP contribution in [0.2, 0.25) is 0 Å². The number of nitrogens with zero attached hydrogens (tertiary/aromatic N) is 2. The summed E-state index contributed by atoms with van der Waals surface area (Å²) in [4.78, 5) is 21.8. The molecule has 0 amide bonds. The van der Waals surface area contributed by atoms with Crippen molar-refractivity contribution in [2.75, 3.05) is 0 Å². The third-order valence-electron chi connectivity index (χ3n) is 6.08. The number of benzene rings is 4. The molecular formula is C25H14Br2N2O4. The third-order valence-corrected chi connectivity index (χ3v) is 7.07. The van der Waals surface area contributed by atoms with Crippen LogP contribution in [0.3, 0.4) is 0 Å². The summed E-state index contributed by atoms with van der Waals surface area (Å²) in [5.41, 5.74) is 4.91. The Kier molecular flexibility index (Phi) is 5.14. The van der Waals surface area contributed by atoms with Crippen molar-refractivity contribution in [1.29, 1.82) is 0 Å². The van der Waals surface area contributed by atoms with Crippen LogP contribution in [0, 0.1) is 20.2 Å². The number of non-ortho nitro benzene ring substituents is 2. The molecule has 0 unspecified atom stereocenters. The van der Waals surface area contributed by atoms with Crippen LogP contribution in [-0.2, 0) is 5.41 Å². The van der Waals surface area contributed by atoms with Crippen LogP contribution in [0.4, 0.5) is 11.4 Å². The van der Waals surface area contributed by atoms with Crippen molar-refractivity contribution in [2.24, 2.45) is 0 Å². The average molecular weight is 566 g/mol. The zero-order valence-electron chi connectivity index (χ0n) is 16.9. The summed E-state index contributed by atoms with van der Waals surface area (Å²) in [5, 5.41) is 22.6. The highest BCUT2D eigenvalue weighted by Crippen LogP contribution is 2.57. The number of nitro benzene ring substituents is 2. The second kappa shape index (κ2) is 7.90. The quantitative estimate of drug-likeness (QED) is 0.168. The molecule has 8 heteroatoms. The first-order chi connectivity index (χ1) is 15.8. The standard InChI is InChI=1S/C25H14Br2N2O4/c26-17-5-11-21-22-12-6-18(27)14-24(22)25(23(21)13-17,15-1-7-19(8-2-15)28(30)31)16-3-9-20(10-4-16)29(32)33/h1-14H. The highest BCUT2D eigenvalue weighted by atomic mass is 79.9. The number of nitro groups is 2. The van der Waals surface area contributed by atoms with Gasteiger partial charge in [-0.15, -0.1) is 0 Å². The molecule has 4 aromatic carbocycles. The lowest BCUT2D eigenvalue weighted by molar-refractivity contribution is -0.385. The molecule has 162 valence electrons. The van der Waals surface area contributed by atoms with Gasteiger partial charge >= 0.3 is 0 Å². The normalized spacial score (nSPS) is 13.3. The Balaban J connectivity index is 1.90. The van der Waals surface area contributed by atoms with Gasteiger partial charge in [0.2, 0.25) is 0 Å². The summed E-state index contributed by atoms with van der Waals surface area (Å²) in [6.45, 7) is 0. The topological polar surface area (TPSA) is 86.3 Å². The van der Waals surface area contributed by atoms with Crippen LogP contribution in [0.1, 0.15) is 22.3 Å². The van der Waals surface area contributed by atoms with Gasteiger partial charge in [0.15, 0.2) is 0 Å². The number of halogens is 2. The van der Waals surface area contributed by atoms with Gasteiger partial charge in [-0.05, 0) is 57.6 Å². The van der Waals surface area contributed by atoms with Gasteiger partial charge in [0.25, 0.3) is 11.4 Å². The van der Waals surface area contributed by atoms with E-state index in [1.165, 1.54) is 24.3 Å². The van der Waals surface area contributed by atoms with Crippen molar-refractivity contribution in [3.05, 3.63) is 136 Å². The predicted octanol–water partition coefficient (Wildman–Crippen LogP) is 7.39. The van der Waals surface area contributed by atoms with Crippen LogP contribution >= 0.6 is 31.9 Å². The van der Waals surface area contributed by atoms with Gasteiger partial charge in [-0.1, -0.05) is 68.3 Å². The Labute approximate surface area is 205 Å². The maximum Gasteiger partial charge on any atom is 0.269 e. The maximum atomic E-state index is 11.3. The average Bonchev–Trinajstić information content (AvgIpc) is 3.08. The van der Waals surface area contributed by atoms with Gasteiger partial charge in [-0.3, -0.25) is 20.2 Å². The molecule has 0 aromatic heterocycles. The van der Waals surface area contributed by atoms with E-state index in [2.05, 4.69) is 31.9 Å². The Morgan fingerprint density at radius 1 is 0.576 bits per heavy atom. The van der Waals surface area contributed by atoms with Crippen LogP contribution < -0.4 is 0 Å². The van der Waals surface area contributed by atoms with E-state index in [9.17, 15) is 20.2 Å². The Hall–Kier alpha value is -3.36. The van der Waals surface area contributed by atoms with Crippen LogP contribution in [0.5, 0.6) is 0 Å². The number of hydrogen-bond acceptors (Lipinski definition) is 4. The van der Waals surface area contributed by atoms with E-state index in [-0.39, 0.29) is 11.4 Å². The summed E-state index contributed by atoms with van der Waals surface area (Å²) >= 11 is 7.19. The van der Waals surface area contributed by atoms with Crippen LogP contribution in [-0.4, -0.2) is 9.85 Å². The third kappa shape index (κ3) is 3.29. The van der Waals surface area contributed by atoms with Crippen molar-refractivity contribution >= 4 is 43.2 Å². The van der Waals surface area contributed by atoms with E-state index in [0.717, 1.165) is 42.3 Å². The maximum absolute atomic E-state index is 11.3. The van der Waals surface area contributed by atoms with E-state index in [1.807, 2.05) is 36.4 Å². The summed E-state index contributed by atoms with van der Waals surface area (Å²) in [6, 6.07) is 25.2. The van der Waals surface area contributed by atoms with Crippen molar-refractivity contribution in [1.82, 2.24) is 0 Å². The molecule has 1 aliphatic rings. The fourth-order valence-electron chi connectivity index (χ4n) is 4.72. The molecule has 0 bridgehead atoms. The predicted molar refractivity (Wildman–Crippen MR) is 132 cm³/mol. The fraction of sp³-hybridized carbons (Fsp3) is 0.0400. The fourth-order valence-corrected chi connectivity index (χ4v) is 5.45. The molecule has 0 aliphatic heterocycles. The first-order valence-electron chi connectivity index (χ1n) is 9.92. The molecule has 0 saturated heterocycles. The van der Waals surface area contributed by atoms with Crippen molar-refractivity contribution < 1.29 is 9.85 Å². The molecule has 33 heavy (non-hydrogen) atoms. The van der Waals surface area contributed by atoms with Gasteiger partial charge in [0.1, 0.15) is 0 Å². The van der Waals surface area contributed by atoms with Gasteiger partial charge in [-0.2, -0.15) is 0 Å². The minimum atomic E-state index is -0.817. The molecule has 5 rings (SSSR count). The molecule has 0 fully saturated rings. The van der Waals surface area contributed by atoms with E-state index in [4.69, 9.17) is 0 Å². The van der Waals surface area contributed by atoms with E-state index in [1.54, 1.807) is 24.3 Å². The Morgan fingerprint density at radius 3 is 1.27 bits per heavy atom. The van der Waals surface area contributed by atoms with Gasteiger partial charge in [-0.25, -0.2) is 0 Å². The monoisotopic (exact) mass is 564 g/mol. The first kappa shape index (κ1) is 21.5. The molecule has 4 aromatic rings. The lowest BCUT2D eigenvalue weighted by Crippen LogP contribution is -2.28. The van der Waals surface area contributed by atoms with E-state index >= 15 is 0 Å². The Bertz CT molecular complexity index is 1320. The summed E-state index contributed by atoms with van der Waals surface area (Å²) in [7, 11) is 0. The molecule has 6 nitrogen and oxygen atoms in total. The molecule has 0 saturated carbocycles. The second-order valence-corrected chi connectivity index (χ2v) is 9.57. The van der Waals surface area contributed by atoms with Gasteiger partial charge in [0, 0.05) is 33.2 Å². The van der Waals surface area contributed by atoms with Crippen molar-refractivity contribution in [3.63, 3.8) is 0 Å². The van der Waals surface area contributed by atoms with E-state index < -0.39 is 15.3 Å². The minimum Gasteiger partial charge on any atom is -0.258 e. The van der Waals surface area contributed by atoms with Crippen LogP contribution in [0.15, 0.2) is 93.9 Å². The molecule has 0 heterocycles. The zero-order valence-corrected chi connectivity index (χ0v) is 20.0. The van der Waals surface area contributed by atoms with Gasteiger partial charge < -0.3 is 0 Å². The van der Waals surface area contributed by atoms with Crippen LogP contribution in [0.25, 0.3) is 11.1 Å². The summed E-state index contributed by atoms with van der Waals surface area (Å²) in [5.74, 6) is 0. The zero-order chi connectivity index (χ0) is 23.3. The van der Waals surface area contributed by atoms with Gasteiger partial charge in [0.05, 0.1) is 15.3 Å². The molecule has 0 atom stereocenters. The second-order valence-electron chi connectivity index (χ2n) is 7.74. The van der Waals surface area contributed by atoms with E-state index in [0.29, 0.717) is 0 Å². The smallest absolute Gasteiger partial charge is 0.258 e. The summed E-state index contributed by atoms with van der Waals surface area (Å²) < 4.78 is 1.78. The lowest BCUT2D eigenvalue weighted by atomic mass is 9.67. The van der Waals surface area contributed by atoms with Crippen molar-refractivity contribution in [2.45, 2.75) is 5.41 Å². The molecular weight excluding hydrogens is 552 g/mol. The highest BCUT2D eigenvalue weighted by Gasteiger charge is 2.46. The number of fused-ring (bicyclic) bond motifs is 3. The SMILES string of the molecule is O=[N+]([O-])c1ccc(C2(c3ccc([N+](=O)[O-])cc3)c3cc(Br)ccc3-c3ccc(Br)cc32)cc1. The largest absolute Gasteiger partial charge is 0.269 e.